The average Bonchev–Trinajstić information content (AvgIpc) is 3.07. The van der Waals surface area contributed by atoms with Crippen LogP contribution in [-0.4, -0.2) is 42.2 Å². The topological polar surface area (TPSA) is 109 Å². The molecule has 3 N–H and O–H groups in total. The molecule has 0 aliphatic heterocycles. The number of hydrogen-bond donors (Lipinski definition) is 3. The smallest absolute Gasteiger partial charge is 0.240 e. The molecule has 10 heteroatoms. The number of hydrogen-bond acceptors (Lipinski definition) is 5. The molecule has 8 nitrogen and oxygen atoms in total. The van der Waals surface area contributed by atoms with E-state index in [-0.39, 0.29) is 30.4 Å². The number of rotatable bonds is 8. The molecule has 0 spiro atoms. The molecule has 1 heterocycles. The molecule has 0 radical (unpaired) electrons. The van der Waals surface area contributed by atoms with Crippen LogP contribution in [-0.2, 0) is 21.4 Å². The van der Waals surface area contributed by atoms with Gasteiger partial charge in [-0.1, -0.05) is 35.9 Å². The van der Waals surface area contributed by atoms with Gasteiger partial charge < -0.3 is 5.32 Å². The third kappa shape index (κ3) is 5.66. The first-order valence-corrected chi connectivity index (χ1v) is 11.6. The van der Waals surface area contributed by atoms with Crippen LogP contribution < -0.4 is 10.0 Å². The van der Waals surface area contributed by atoms with Crippen molar-refractivity contribution in [1.29, 1.82) is 0 Å². The van der Waals surface area contributed by atoms with E-state index >= 15 is 0 Å². The second-order valence-electron chi connectivity index (χ2n) is 7.32. The largest absolute Gasteiger partial charge is 0.353 e. The normalized spacial score (nSPS) is 11.5. The minimum absolute atomic E-state index is 0.0254. The lowest BCUT2D eigenvalue weighted by atomic mass is 10.1. The highest BCUT2D eigenvalue weighted by Crippen LogP contribution is 2.18. The van der Waals surface area contributed by atoms with E-state index in [4.69, 9.17) is 12.2 Å². The van der Waals surface area contributed by atoms with Crippen molar-refractivity contribution in [2.24, 2.45) is 0 Å². The molecule has 0 aliphatic carbocycles. The van der Waals surface area contributed by atoms with Gasteiger partial charge in [0.25, 0.3) is 0 Å². The monoisotopic (exact) mass is 459 g/mol. The Morgan fingerprint density at radius 1 is 1.10 bits per heavy atom. The van der Waals surface area contributed by atoms with Gasteiger partial charge in [-0.15, -0.1) is 0 Å². The van der Waals surface area contributed by atoms with Crippen LogP contribution >= 0.6 is 12.2 Å². The Morgan fingerprint density at radius 2 is 1.84 bits per heavy atom. The number of aryl methyl sites for hydroxylation is 3. The molecule has 0 unspecified atom stereocenters. The highest BCUT2D eigenvalue weighted by molar-refractivity contribution is 7.89. The SMILES string of the molecule is Cc1cccc(-c2n[nH]c(=S)n2CC(=O)NCCNS(=O)(=O)c2cc(C)ccc2C)c1. The number of carbonyl (C=O) groups is 1. The molecule has 3 rings (SSSR count). The lowest BCUT2D eigenvalue weighted by molar-refractivity contribution is -0.121. The summed E-state index contributed by atoms with van der Waals surface area (Å²) in [6, 6.07) is 13.0. The first kappa shape index (κ1) is 22.9. The second-order valence-corrected chi connectivity index (χ2v) is 9.45. The zero-order chi connectivity index (χ0) is 22.6. The van der Waals surface area contributed by atoms with Gasteiger partial charge in [-0.05, 0) is 56.2 Å². The van der Waals surface area contributed by atoms with E-state index in [1.807, 2.05) is 44.2 Å². The molecule has 3 aromatic rings. The first-order valence-electron chi connectivity index (χ1n) is 9.73. The fourth-order valence-corrected chi connectivity index (χ4v) is 4.69. The maximum Gasteiger partial charge on any atom is 0.240 e. The van der Waals surface area contributed by atoms with Gasteiger partial charge in [0, 0.05) is 18.7 Å². The molecule has 0 fully saturated rings. The zero-order valence-corrected chi connectivity index (χ0v) is 19.2. The number of nitrogens with one attached hydrogen (secondary N) is 3. The van der Waals surface area contributed by atoms with Gasteiger partial charge in [-0.25, -0.2) is 13.1 Å². The summed E-state index contributed by atoms with van der Waals surface area (Å²) >= 11 is 5.26. The molecule has 0 bridgehead atoms. The minimum Gasteiger partial charge on any atom is -0.353 e. The maximum atomic E-state index is 12.5. The Hall–Kier alpha value is -2.82. The Balaban J connectivity index is 1.59. The molecule has 0 atom stereocenters. The number of sulfonamides is 1. The van der Waals surface area contributed by atoms with Gasteiger partial charge in [0.2, 0.25) is 15.9 Å². The number of aromatic amines is 1. The van der Waals surface area contributed by atoms with Crippen molar-refractivity contribution in [1.82, 2.24) is 24.8 Å². The quantitative estimate of drug-likeness (QED) is 0.354. The second kappa shape index (κ2) is 9.54. The Labute approximate surface area is 186 Å². The van der Waals surface area contributed by atoms with Gasteiger partial charge in [-0.3, -0.25) is 14.5 Å². The number of H-pyrrole nitrogens is 1. The molecule has 1 amide bonds. The van der Waals surface area contributed by atoms with Gasteiger partial charge in [0.15, 0.2) is 10.6 Å². The van der Waals surface area contributed by atoms with Crippen LogP contribution in [0, 0.1) is 25.5 Å². The van der Waals surface area contributed by atoms with Gasteiger partial charge in [0.05, 0.1) is 4.90 Å². The highest BCUT2D eigenvalue weighted by atomic mass is 32.2. The van der Waals surface area contributed by atoms with Crippen LogP contribution in [0.3, 0.4) is 0 Å². The molecule has 0 aliphatic rings. The average molecular weight is 460 g/mol. The number of aromatic nitrogens is 3. The van der Waals surface area contributed by atoms with E-state index in [0.29, 0.717) is 16.2 Å². The lowest BCUT2D eigenvalue weighted by Crippen LogP contribution is -2.36. The first-order chi connectivity index (χ1) is 14.7. The van der Waals surface area contributed by atoms with Crippen LogP contribution in [0.2, 0.25) is 0 Å². The van der Waals surface area contributed by atoms with Crippen molar-refractivity contribution >= 4 is 28.1 Å². The van der Waals surface area contributed by atoms with Crippen LogP contribution in [0.4, 0.5) is 0 Å². The summed E-state index contributed by atoms with van der Waals surface area (Å²) in [7, 11) is -3.65. The van der Waals surface area contributed by atoms with Gasteiger partial charge >= 0.3 is 0 Å². The molecule has 0 saturated heterocycles. The third-order valence-corrected chi connectivity index (χ3v) is 6.62. The minimum atomic E-state index is -3.65. The lowest BCUT2D eigenvalue weighted by Gasteiger charge is -2.11. The Morgan fingerprint density at radius 3 is 2.58 bits per heavy atom. The Bertz CT molecular complexity index is 1260. The van der Waals surface area contributed by atoms with Gasteiger partial charge in [0.1, 0.15) is 6.54 Å². The predicted octanol–water partition coefficient (Wildman–Crippen LogP) is 2.63. The highest BCUT2D eigenvalue weighted by Gasteiger charge is 2.17. The standard InChI is InChI=1S/C21H25N5O3S2/c1-14-5-4-6-17(11-14)20-24-25-21(30)26(20)13-19(27)22-9-10-23-31(28,29)18-12-15(2)7-8-16(18)3/h4-8,11-12,23H,9-10,13H2,1-3H3,(H,22,27)(H,25,30). The van der Waals surface area contributed by atoms with Crippen LogP contribution in [0.1, 0.15) is 16.7 Å². The van der Waals surface area contributed by atoms with E-state index < -0.39 is 10.0 Å². The molecular weight excluding hydrogens is 434 g/mol. The van der Waals surface area contributed by atoms with Crippen molar-refractivity contribution in [2.75, 3.05) is 13.1 Å². The summed E-state index contributed by atoms with van der Waals surface area (Å²) in [6.07, 6.45) is 0. The number of carbonyl (C=O) groups excluding carboxylic acids is 1. The summed E-state index contributed by atoms with van der Waals surface area (Å²) in [5.74, 6) is 0.275. The summed E-state index contributed by atoms with van der Waals surface area (Å²) < 4.78 is 29.5. The van der Waals surface area contributed by atoms with Crippen molar-refractivity contribution in [2.45, 2.75) is 32.2 Å². The summed E-state index contributed by atoms with van der Waals surface area (Å²) in [6.45, 7) is 5.75. The molecule has 31 heavy (non-hydrogen) atoms. The molecular formula is C21H25N5O3S2. The summed E-state index contributed by atoms with van der Waals surface area (Å²) in [5, 5.41) is 9.67. The van der Waals surface area contributed by atoms with Crippen molar-refractivity contribution in [3.05, 3.63) is 63.9 Å². The third-order valence-electron chi connectivity index (χ3n) is 4.71. The van der Waals surface area contributed by atoms with E-state index in [1.54, 1.807) is 23.6 Å². The zero-order valence-electron chi connectivity index (χ0n) is 17.6. The number of amides is 1. The fourth-order valence-electron chi connectivity index (χ4n) is 3.13. The molecule has 164 valence electrons. The maximum absolute atomic E-state index is 12.5. The van der Waals surface area contributed by atoms with Crippen LogP contribution in [0.5, 0.6) is 0 Å². The predicted molar refractivity (Wildman–Crippen MR) is 122 cm³/mol. The van der Waals surface area contributed by atoms with Crippen molar-refractivity contribution in [3.8, 4) is 11.4 Å². The van der Waals surface area contributed by atoms with Crippen molar-refractivity contribution < 1.29 is 13.2 Å². The van der Waals surface area contributed by atoms with E-state index in [2.05, 4.69) is 20.2 Å². The van der Waals surface area contributed by atoms with Crippen LogP contribution in [0.15, 0.2) is 47.4 Å². The fraction of sp³-hybridized carbons (Fsp3) is 0.286. The molecule has 1 aromatic heterocycles. The van der Waals surface area contributed by atoms with E-state index in [9.17, 15) is 13.2 Å². The van der Waals surface area contributed by atoms with E-state index in [1.165, 1.54) is 0 Å². The van der Waals surface area contributed by atoms with E-state index in [0.717, 1.165) is 16.7 Å². The summed E-state index contributed by atoms with van der Waals surface area (Å²) in [4.78, 5) is 12.7. The van der Waals surface area contributed by atoms with Crippen LogP contribution in [0.25, 0.3) is 11.4 Å². The Kier molecular flexibility index (Phi) is 7.04. The van der Waals surface area contributed by atoms with Gasteiger partial charge in [-0.2, -0.15) is 5.10 Å². The summed E-state index contributed by atoms with van der Waals surface area (Å²) in [5.41, 5.74) is 3.45. The number of nitrogens with zero attached hydrogens (tertiary/aromatic N) is 2. The molecule has 2 aromatic carbocycles. The number of benzene rings is 2. The van der Waals surface area contributed by atoms with Crippen molar-refractivity contribution in [3.63, 3.8) is 0 Å². The molecule has 0 saturated carbocycles.